The van der Waals surface area contributed by atoms with Crippen molar-refractivity contribution in [2.24, 2.45) is 0 Å². The summed E-state index contributed by atoms with van der Waals surface area (Å²) in [5.74, 6) is -0.679. The number of carbonyl (C=O) groups excluding carboxylic acids is 3. The van der Waals surface area contributed by atoms with Crippen molar-refractivity contribution >= 4 is 47.0 Å². The molecule has 156 valence electrons. The van der Waals surface area contributed by atoms with Gasteiger partial charge in [0.2, 0.25) is 5.91 Å². The number of rotatable bonds is 8. The Morgan fingerprint density at radius 2 is 2.13 bits per heavy atom. The number of nitrogens with one attached hydrogen (secondary N) is 1. The maximum absolute atomic E-state index is 12.5. The molecule has 2 aliphatic heterocycles. The zero-order chi connectivity index (χ0) is 21.7. The summed E-state index contributed by atoms with van der Waals surface area (Å²) < 4.78 is 5.25. The van der Waals surface area contributed by atoms with Gasteiger partial charge in [0.15, 0.2) is 0 Å². The van der Waals surface area contributed by atoms with Crippen molar-refractivity contribution in [1.82, 2.24) is 10.2 Å². The van der Waals surface area contributed by atoms with Crippen LogP contribution in [0, 0.1) is 21.4 Å². The molecule has 2 heterocycles. The molecule has 2 aliphatic rings. The number of hydrogen-bond acceptors (Lipinski definition) is 9. The first-order valence-electron chi connectivity index (χ1n) is 8.71. The molecule has 3 rings (SSSR count). The van der Waals surface area contributed by atoms with Gasteiger partial charge in [0.05, 0.1) is 22.5 Å². The lowest BCUT2D eigenvalue weighted by molar-refractivity contribution is -0.384. The molecule has 0 aromatic heterocycles. The Labute approximate surface area is 179 Å². The summed E-state index contributed by atoms with van der Waals surface area (Å²) in [5, 5.41) is 21.4. The van der Waals surface area contributed by atoms with E-state index in [1.165, 1.54) is 40.9 Å². The van der Waals surface area contributed by atoms with E-state index in [1.807, 2.05) is 6.07 Å². The molecule has 0 aliphatic carbocycles. The number of benzene rings is 1. The number of nitrogens with zero attached hydrogens (tertiary/aromatic N) is 3. The second-order valence-corrected chi connectivity index (χ2v) is 8.35. The van der Waals surface area contributed by atoms with Crippen LogP contribution in [-0.2, 0) is 25.7 Å². The smallest absolute Gasteiger partial charge is 0.355 e. The zero-order valence-corrected chi connectivity index (χ0v) is 17.1. The number of ether oxygens (including phenoxy) is 1. The number of non-ortho nitro benzene ring substituents is 1. The fourth-order valence-electron chi connectivity index (χ4n) is 2.87. The maximum atomic E-state index is 12.5. The fraction of sp³-hybridized carbons (Fsp3) is 0.333. The van der Waals surface area contributed by atoms with Crippen LogP contribution in [0.25, 0.3) is 0 Å². The third-order valence-electron chi connectivity index (χ3n) is 4.29. The molecule has 1 saturated heterocycles. The van der Waals surface area contributed by atoms with Gasteiger partial charge >= 0.3 is 5.97 Å². The number of nitro groups is 1. The normalized spacial score (nSPS) is 19.6. The summed E-state index contributed by atoms with van der Waals surface area (Å²) >= 11 is 2.57. The lowest BCUT2D eigenvalue weighted by Gasteiger charge is -2.48. The van der Waals surface area contributed by atoms with Gasteiger partial charge in [-0.05, 0) is 23.8 Å². The maximum Gasteiger partial charge on any atom is 0.355 e. The van der Waals surface area contributed by atoms with E-state index >= 15 is 0 Å². The molecule has 12 heteroatoms. The highest BCUT2D eigenvalue weighted by Crippen LogP contribution is 2.37. The summed E-state index contributed by atoms with van der Waals surface area (Å²) in [5.41, 5.74) is 0.631. The number of β-lactam (4-membered cyclic amide) rings is 1. The summed E-state index contributed by atoms with van der Waals surface area (Å²) in [7, 11) is 0. The fourth-order valence-corrected chi connectivity index (χ4v) is 4.53. The highest BCUT2D eigenvalue weighted by Gasteiger charge is 2.52. The molecule has 1 aromatic carbocycles. The number of nitro benzene ring substituents is 1. The summed E-state index contributed by atoms with van der Waals surface area (Å²) in [4.78, 5) is 48.3. The standard InChI is InChI=1S/C18H16N4O6S2/c19-6-8-29-10-14(23)20-15-16(24)21-13(5-7-30-17(15)21)18(25)28-9-11-1-3-12(4-2-11)22(26)27/h1-5,15,17H,7-10H2,(H,20,23)/t15?,17-/m1/s1. The van der Waals surface area contributed by atoms with Crippen molar-refractivity contribution in [3.8, 4) is 6.07 Å². The zero-order valence-electron chi connectivity index (χ0n) is 15.5. The molecule has 10 nitrogen and oxygen atoms in total. The van der Waals surface area contributed by atoms with Crippen LogP contribution in [0.5, 0.6) is 0 Å². The summed E-state index contributed by atoms with van der Waals surface area (Å²) in [6.45, 7) is -0.0930. The SMILES string of the molecule is N#CCSCC(=O)NC1C(=O)N2C(C(=O)OCc3ccc([N+](=O)[O-])cc3)=CCS[C@H]12. The van der Waals surface area contributed by atoms with Crippen molar-refractivity contribution in [2.75, 3.05) is 17.3 Å². The van der Waals surface area contributed by atoms with Crippen LogP contribution in [0.1, 0.15) is 5.56 Å². The summed E-state index contributed by atoms with van der Waals surface area (Å²) in [6.07, 6.45) is 1.60. The van der Waals surface area contributed by atoms with Gasteiger partial charge in [-0.25, -0.2) is 4.79 Å². The Bertz CT molecular complexity index is 943. The van der Waals surface area contributed by atoms with Crippen molar-refractivity contribution in [1.29, 1.82) is 5.26 Å². The van der Waals surface area contributed by atoms with E-state index < -0.39 is 28.2 Å². The third-order valence-corrected chi connectivity index (χ3v) is 6.27. The van der Waals surface area contributed by atoms with Crippen molar-refractivity contribution in [2.45, 2.75) is 18.0 Å². The molecule has 30 heavy (non-hydrogen) atoms. The second kappa shape index (κ2) is 9.64. The predicted molar refractivity (Wildman–Crippen MR) is 109 cm³/mol. The van der Waals surface area contributed by atoms with E-state index in [2.05, 4.69) is 5.32 Å². The van der Waals surface area contributed by atoms with Crippen LogP contribution in [0.4, 0.5) is 5.69 Å². The Hall–Kier alpha value is -3.04. The van der Waals surface area contributed by atoms with Gasteiger partial charge in [0.1, 0.15) is 23.7 Å². The first kappa shape index (κ1) is 21.7. The van der Waals surface area contributed by atoms with Crippen LogP contribution in [0.2, 0.25) is 0 Å². The highest BCUT2D eigenvalue weighted by atomic mass is 32.2. The lowest BCUT2D eigenvalue weighted by Crippen LogP contribution is -2.70. The highest BCUT2D eigenvalue weighted by molar-refractivity contribution is 8.00. The quantitative estimate of drug-likeness (QED) is 0.204. The average Bonchev–Trinajstić information content (AvgIpc) is 2.75. The van der Waals surface area contributed by atoms with E-state index in [0.717, 1.165) is 11.8 Å². The molecule has 0 saturated carbocycles. The van der Waals surface area contributed by atoms with E-state index in [0.29, 0.717) is 11.3 Å². The largest absolute Gasteiger partial charge is 0.456 e. The van der Waals surface area contributed by atoms with E-state index in [1.54, 1.807) is 6.08 Å². The molecular formula is C18H16N4O6S2. The number of carbonyl (C=O) groups is 3. The topological polar surface area (TPSA) is 143 Å². The van der Waals surface area contributed by atoms with Gasteiger partial charge in [0, 0.05) is 17.9 Å². The number of fused-ring (bicyclic) bond motifs is 1. The molecule has 1 aromatic rings. The monoisotopic (exact) mass is 448 g/mol. The minimum Gasteiger partial charge on any atom is -0.456 e. The van der Waals surface area contributed by atoms with E-state index in [4.69, 9.17) is 10.00 Å². The number of hydrogen-bond donors (Lipinski definition) is 1. The van der Waals surface area contributed by atoms with Crippen LogP contribution < -0.4 is 5.32 Å². The van der Waals surface area contributed by atoms with Crippen molar-refractivity contribution < 1.29 is 24.0 Å². The summed E-state index contributed by atoms with van der Waals surface area (Å²) in [6, 6.07) is 6.81. The molecule has 1 fully saturated rings. The van der Waals surface area contributed by atoms with Crippen LogP contribution in [0.3, 0.4) is 0 Å². The molecule has 1 unspecified atom stereocenters. The predicted octanol–water partition coefficient (Wildman–Crippen LogP) is 1.18. The first-order valence-corrected chi connectivity index (χ1v) is 10.9. The average molecular weight is 448 g/mol. The van der Waals surface area contributed by atoms with Crippen LogP contribution in [-0.4, -0.2) is 56.3 Å². The van der Waals surface area contributed by atoms with Gasteiger partial charge in [-0.1, -0.05) is 0 Å². The van der Waals surface area contributed by atoms with E-state index in [-0.39, 0.29) is 35.4 Å². The van der Waals surface area contributed by atoms with Crippen molar-refractivity contribution in [3.63, 3.8) is 0 Å². The van der Waals surface area contributed by atoms with Gasteiger partial charge in [-0.3, -0.25) is 24.6 Å². The Morgan fingerprint density at radius 1 is 1.40 bits per heavy atom. The lowest BCUT2D eigenvalue weighted by atomic mass is 10.1. The third kappa shape index (κ3) is 4.74. The minimum atomic E-state index is -0.726. The molecule has 0 radical (unpaired) electrons. The van der Waals surface area contributed by atoms with Crippen molar-refractivity contribution in [3.05, 3.63) is 51.7 Å². The van der Waals surface area contributed by atoms with Gasteiger partial charge in [-0.2, -0.15) is 5.26 Å². The van der Waals surface area contributed by atoms with Gasteiger partial charge in [0.25, 0.3) is 11.6 Å². The van der Waals surface area contributed by atoms with Gasteiger partial charge in [-0.15, -0.1) is 23.5 Å². The molecular weight excluding hydrogens is 432 g/mol. The van der Waals surface area contributed by atoms with Crippen LogP contribution in [0.15, 0.2) is 36.0 Å². The molecule has 2 atom stereocenters. The molecule has 2 amide bonds. The van der Waals surface area contributed by atoms with E-state index in [9.17, 15) is 24.5 Å². The Kier molecular flexibility index (Phi) is 6.96. The van der Waals surface area contributed by atoms with Gasteiger partial charge < -0.3 is 10.1 Å². The molecule has 0 spiro atoms. The Balaban J connectivity index is 1.55. The number of amides is 2. The molecule has 1 N–H and O–H groups in total. The molecule has 0 bridgehead atoms. The Morgan fingerprint density at radius 3 is 2.80 bits per heavy atom. The number of esters is 1. The minimum absolute atomic E-state index is 0.0646. The number of nitriles is 1. The second-order valence-electron chi connectivity index (χ2n) is 6.22. The number of thioether (sulfide) groups is 2. The van der Waals surface area contributed by atoms with Crippen LogP contribution >= 0.6 is 23.5 Å². The first-order chi connectivity index (χ1) is 14.4.